The van der Waals surface area contributed by atoms with Gasteiger partial charge in [0, 0.05) is 17.7 Å². The molecule has 1 aromatic heterocycles. The lowest BCUT2D eigenvalue weighted by molar-refractivity contribution is 0.0949. The zero-order chi connectivity index (χ0) is 16.9. The lowest BCUT2D eigenvalue weighted by atomic mass is 10.1. The number of aromatic nitrogens is 1. The fourth-order valence-corrected chi connectivity index (χ4v) is 2.48. The van der Waals surface area contributed by atoms with Gasteiger partial charge in [0.2, 0.25) is 0 Å². The lowest BCUT2D eigenvalue weighted by Crippen LogP contribution is -2.24. The number of carbonyl (C=O) groups excluding carboxylic acids is 1. The van der Waals surface area contributed by atoms with Crippen LogP contribution in [0.15, 0.2) is 66.7 Å². The first kappa shape index (κ1) is 15.9. The summed E-state index contributed by atoms with van der Waals surface area (Å²) in [7, 11) is 0. The van der Waals surface area contributed by atoms with E-state index in [1.165, 1.54) is 6.07 Å². The third-order valence-corrected chi connectivity index (χ3v) is 3.80. The molecule has 3 nitrogen and oxygen atoms in total. The smallest absolute Gasteiger partial charge is 0.253 e. The topological polar surface area (TPSA) is 42.0 Å². The van der Waals surface area contributed by atoms with Crippen molar-refractivity contribution in [1.29, 1.82) is 0 Å². The fourth-order valence-electron chi connectivity index (χ4n) is 2.48. The number of nitrogens with one attached hydrogen (secondary N) is 1. The van der Waals surface area contributed by atoms with Crippen molar-refractivity contribution >= 4 is 5.91 Å². The third-order valence-electron chi connectivity index (χ3n) is 3.80. The number of amides is 1. The number of hydrogen-bond donors (Lipinski definition) is 1. The second-order valence-electron chi connectivity index (χ2n) is 5.47. The Morgan fingerprint density at radius 1 is 1.00 bits per heavy atom. The number of benzene rings is 2. The Morgan fingerprint density at radius 3 is 2.42 bits per heavy atom. The molecule has 0 spiro atoms. The van der Waals surface area contributed by atoms with E-state index in [2.05, 4.69) is 10.3 Å². The Morgan fingerprint density at radius 2 is 1.71 bits per heavy atom. The maximum Gasteiger partial charge on any atom is 0.253 e. The first-order chi connectivity index (χ1) is 11.6. The Bertz CT molecular complexity index is 863. The van der Waals surface area contributed by atoms with E-state index in [-0.39, 0.29) is 18.3 Å². The molecule has 1 heterocycles. The van der Waals surface area contributed by atoms with E-state index in [0.717, 1.165) is 11.3 Å². The van der Waals surface area contributed by atoms with E-state index >= 15 is 0 Å². The molecule has 4 heteroatoms. The van der Waals surface area contributed by atoms with Crippen molar-refractivity contribution in [1.82, 2.24) is 10.3 Å². The molecule has 1 amide bonds. The second kappa shape index (κ2) is 7.04. The normalized spacial score (nSPS) is 10.4. The zero-order valence-electron chi connectivity index (χ0n) is 13.3. The summed E-state index contributed by atoms with van der Waals surface area (Å²) in [6.45, 7) is 1.94. The summed E-state index contributed by atoms with van der Waals surface area (Å²) in [6, 6.07) is 19.7. The van der Waals surface area contributed by atoms with Gasteiger partial charge in [-0.3, -0.25) is 9.78 Å². The molecule has 0 radical (unpaired) electrons. The Balaban J connectivity index is 1.75. The molecule has 0 atom stereocenters. The van der Waals surface area contributed by atoms with Crippen LogP contribution in [0.5, 0.6) is 0 Å². The molecule has 1 N–H and O–H groups in total. The second-order valence-corrected chi connectivity index (χ2v) is 5.47. The molecule has 3 rings (SSSR count). The van der Waals surface area contributed by atoms with Crippen molar-refractivity contribution in [2.45, 2.75) is 13.5 Å². The van der Waals surface area contributed by atoms with Crippen LogP contribution in [-0.2, 0) is 6.54 Å². The average molecular weight is 320 g/mol. The van der Waals surface area contributed by atoms with Crippen LogP contribution in [0.1, 0.15) is 21.6 Å². The summed E-state index contributed by atoms with van der Waals surface area (Å²) in [4.78, 5) is 16.8. The highest BCUT2D eigenvalue weighted by Crippen LogP contribution is 2.18. The summed E-state index contributed by atoms with van der Waals surface area (Å²) >= 11 is 0. The summed E-state index contributed by atoms with van der Waals surface area (Å²) in [5.74, 6) is -0.588. The van der Waals surface area contributed by atoms with Gasteiger partial charge in [0.05, 0.1) is 17.0 Å². The molecule has 0 fully saturated rings. The van der Waals surface area contributed by atoms with Gasteiger partial charge in [0.25, 0.3) is 5.91 Å². The van der Waals surface area contributed by atoms with Crippen molar-refractivity contribution in [3.05, 3.63) is 89.4 Å². The number of aryl methyl sites for hydroxylation is 1. The van der Waals surface area contributed by atoms with Gasteiger partial charge in [-0.25, -0.2) is 4.39 Å². The predicted octanol–water partition coefficient (Wildman–Crippen LogP) is 4.13. The predicted molar refractivity (Wildman–Crippen MR) is 92.0 cm³/mol. The van der Waals surface area contributed by atoms with E-state index in [0.29, 0.717) is 16.8 Å². The van der Waals surface area contributed by atoms with Gasteiger partial charge in [0.15, 0.2) is 0 Å². The quantitative estimate of drug-likeness (QED) is 0.785. The maximum absolute atomic E-state index is 13.6. The molecule has 0 saturated carbocycles. The Hall–Kier alpha value is -3.01. The summed E-state index contributed by atoms with van der Waals surface area (Å²) in [5, 5.41) is 2.74. The minimum absolute atomic E-state index is 0.144. The molecule has 0 bridgehead atoms. The zero-order valence-corrected chi connectivity index (χ0v) is 13.3. The van der Waals surface area contributed by atoms with Crippen LogP contribution >= 0.6 is 0 Å². The molecule has 2 aromatic carbocycles. The van der Waals surface area contributed by atoms with E-state index < -0.39 is 0 Å². The lowest BCUT2D eigenvalue weighted by Gasteiger charge is -2.09. The first-order valence-electron chi connectivity index (χ1n) is 7.70. The third kappa shape index (κ3) is 3.49. The molecule has 0 aliphatic carbocycles. The molecule has 0 aliphatic rings. The number of pyridine rings is 1. The van der Waals surface area contributed by atoms with E-state index in [4.69, 9.17) is 0 Å². The van der Waals surface area contributed by atoms with Crippen molar-refractivity contribution in [2.24, 2.45) is 0 Å². The van der Waals surface area contributed by atoms with Crippen molar-refractivity contribution in [3.8, 4) is 11.3 Å². The SMILES string of the molecule is Cc1nc(-c2ccccc2)ccc1C(=O)NCc1ccccc1F. The molecular formula is C20H17FN2O. The highest BCUT2D eigenvalue weighted by Gasteiger charge is 2.12. The Labute approximate surface area is 140 Å². The van der Waals surface area contributed by atoms with Crippen LogP contribution in [0.3, 0.4) is 0 Å². The summed E-state index contributed by atoms with van der Waals surface area (Å²) in [5.41, 5.74) is 3.41. The molecule has 120 valence electrons. The van der Waals surface area contributed by atoms with E-state index in [1.54, 1.807) is 31.2 Å². The average Bonchev–Trinajstić information content (AvgIpc) is 2.61. The van der Waals surface area contributed by atoms with Gasteiger partial charge in [-0.05, 0) is 25.1 Å². The number of nitrogens with zero attached hydrogens (tertiary/aromatic N) is 1. The van der Waals surface area contributed by atoms with Gasteiger partial charge in [0.1, 0.15) is 5.82 Å². The van der Waals surface area contributed by atoms with Crippen LogP contribution in [0.2, 0.25) is 0 Å². The summed E-state index contributed by atoms with van der Waals surface area (Å²) < 4.78 is 13.6. The maximum atomic E-state index is 13.6. The summed E-state index contributed by atoms with van der Waals surface area (Å²) in [6.07, 6.45) is 0. The largest absolute Gasteiger partial charge is 0.348 e. The standard InChI is InChI=1S/C20H17FN2O/c1-14-17(11-12-19(23-14)15-7-3-2-4-8-15)20(24)22-13-16-9-5-6-10-18(16)21/h2-12H,13H2,1H3,(H,22,24). The minimum atomic E-state index is -0.327. The molecule has 0 unspecified atom stereocenters. The molecule has 0 saturated heterocycles. The number of hydrogen-bond acceptors (Lipinski definition) is 2. The number of halogens is 1. The van der Waals surface area contributed by atoms with Crippen LogP contribution in [0.25, 0.3) is 11.3 Å². The highest BCUT2D eigenvalue weighted by atomic mass is 19.1. The van der Waals surface area contributed by atoms with Gasteiger partial charge < -0.3 is 5.32 Å². The van der Waals surface area contributed by atoms with E-state index in [9.17, 15) is 9.18 Å². The Kier molecular flexibility index (Phi) is 4.66. The number of rotatable bonds is 4. The van der Waals surface area contributed by atoms with Gasteiger partial charge >= 0.3 is 0 Å². The van der Waals surface area contributed by atoms with Gasteiger partial charge in [-0.1, -0.05) is 48.5 Å². The van der Waals surface area contributed by atoms with Crippen molar-refractivity contribution in [2.75, 3.05) is 0 Å². The van der Waals surface area contributed by atoms with Crippen molar-refractivity contribution in [3.63, 3.8) is 0 Å². The van der Waals surface area contributed by atoms with E-state index in [1.807, 2.05) is 36.4 Å². The highest BCUT2D eigenvalue weighted by molar-refractivity contribution is 5.95. The van der Waals surface area contributed by atoms with Crippen LogP contribution in [-0.4, -0.2) is 10.9 Å². The monoisotopic (exact) mass is 320 g/mol. The minimum Gasteiger partial charge on any atom is -0.348 e. The number of carbonyl (C=O) groups is 1. The molecule has 24 heavy (non-hydrogen) atoms. The fraction of sp³-hybridized carbons (Fsp3) is 0.100. The first-order valence-corrected chi connectivity index (χ1v) is 7.70. The molecular weight excluding hydrogens is 303 g/mol. The van der Waals surface area contributed by atoms with Gasteiger partial charge in [-0.2, -0.15) is 0 Å². The van der Waals surface area contributed by atoms with Crippen molar-refractivity contribution < 1.29 is 9.18 Å². The van der Waals surface area contributed by atoms with Crippen LogP contribution < -0.4 is 5.32 Å². The van der Waals surface area contributed by atoms with Gasteiger partial charge in [-0.15, -0.1) is 0 Å². The molecule has 3 aromatic rings. The molecule has 0 aliphatic heterocycles. The van der Waals surface area contributed by atoms with Crippen LogP contribution in [0, 0.1) is 12.7 Å². The van der Waals surface area contributed by atoms with Crippen LogP contribution in [0.4, 0.5) is 4.39 Å².